The molecule has 0 amide bonds. The molecule has 3 nitrogen and oxygen atoms in total. The summed E-state index contributed by atoms with van der Waals surface area (Å²) < 4.78 is 5.35. The molecule has 0 saturated heterocycles. The van der Waals surface area contributed by atoms with Crippen molar-refractivity contribution in [2.24, 2.45) is 5.73 Å². The molecule has 0 bridgehead atoms. The Morgan fingerprint density at radius 3 is 2.65 bits per heavy atom. The van der Waals surface area contributed by atoms with E-state index in [2.05, 4.69) is 36.5 Å². The van der Waals surface area contributed by atoms with Gasteiger partial charge in [0.1, 0.15) is 5.76 Å². The molecule has 108 valence electrons. The van der Waals surface area contributed by atoms with Crippen LogP contribution in [0.25, 0.3) is 0 Å². The van der Waals surface area contributed by atoms with Crippen molar-refractivity contribution in [3.05, 3.63) is 60.1 Å². The maximum Gasteiger partial charge on any atom is 0.105 e. The van der Waals surface area contributed by atoms with Gasteiger partial charge in [-0.05, 0) is 37.5 Å². The van der Waals surface area contributed by atoms with Crippen LogP contribution in [0.15, 0.2) is 53.1 Å². The molecule has 2 rings (SSSR count). The molecular formula is C17H24N2O. The van der Waals surface area contributed by atoms with Crippen molar-refractivity contribution < 1.29 is 4.42 Å². The number of furan rings is 1. The van der Waals surface area contributed by atoms with Crippen LogP contribution in [-0.2, 0) is 12.8 Å². The first-order valence-corrected chi connectivity index (χ1v) is 7.29. The number of rotatable bonds is 8. The van der Waals surface area contributed by atoms with Gasteiger partial charge in [-0.2, -0.15) is 0 Å². The monoisotopic (exact) mass is 272 g/mol. The minimum atomic E-state index is 0.189. The molecule has 0 radical (unpaired) electrons. The van der Waals surface area contributed by atoms with Gasteiger partial charge in [-0.25, -0.2) is 0 Å². The van der Waals surface area contributed by atoms with Crippen LogP contribution < -0.4 is 11.1 Å². The molecule has 2 unspecified atom stereocenters. The molecule has 3 heteroatoms. The quantitative estimate of drug-likeness (QED) is 0.777. The van der Waals surface area contributed by atoms with Crippen molar-refractivity contribution >= 4 is 0 Å². The van der Waals surface area contributed by atoms with Crippen LogP contribution in [0.1, 0.15) is 24.7 Å². The van der Waals surface area contributed by atoms with Gasteiger partial charge in [-0.1, -0.05) is 30.3 Å². The van der Waals surface area contributed by atoms with E-state index in [4.69, 9.17) is 10.2 Å². The molecular weight excluding hydrogens is 248 g/mol. The third-order valence-corrected chi connectivity index (χ3v) is 3.46. The van der Waals surface area contributed by atoms with Gasteiger partial charge in [0.25, 0.3) is 0 Å². The first kappa shape index (κ1) is 14.8. The first-order chi connectivity index (χ1) is 9.74. The molecule has 1 heterocycles. The Morgan fingerprint density at radius 2 is 1.95 bits per heavy atom. The largest absolute Gasteiger partial charge is 0.469 e. The Balaban J connectivity index is 1.63. The van der Waals surface area contributed by atoms with Crippen LogP contribution >= 0.6 is 0 Å². The molecule has 0 aliphatic carbocycles. The summed E-state index contributed by atoms with van der Waals surface area (Å²) in [4.78, 5) is 0. The van der Waals surface area contributed by atoms with Gasteiger partial charge in [-0.15, -0.1) is 0 Å². The average molecular weight is 272 g/mol. The molecule has 20 heavy (non-hydrogen) atoms. The molecule has 0 spiro atoms. The van der Waals surface area contributed by atoms with Crippen LogP contribution in [0, 0.1) is 0 Å². The SMILES string of the molecule is CC(Cc1ccco1)NCC(N)CCc1ccccc1. The molecule has 2 aromatic rings. The van der Waals surface area contributed by atoms with Crippen molar-refractivity contribution in [1.29, 1.82) is 0 Å². The number of benzene rings is 1. The lowest BCUT2D eigenvalue weighted by Gasteiger charge is -2.17. The molecule has 0 aliphatic heterocycles. The lowest BCUT2D eigenvalue weighted by molar-refractivity contribution is 0.439. The van der Waals surface area contributed by atoms with Gasteiger partial charge in [0, 0.05) is 25.0 Å². The van der Waals surface area contributed by atoms with Crippen molar-refractivity contribution in [3.8, 4) is 0 Å². The molecule has 1 aromatic carbocycles. The van der Waals surface area contributed by atoms with E-state index >= 15 is 0 Å². The highest BCUT2D eigenvalue weighted by molar-refractivity contribution is 5.14. The molecule has 3 N–H and O–H groups in total. The maximum atomic E-state index is 6.16. The smallest absolute Gasteiger partial charge is 0.105 e. The highest BCUT2D eigenvalue weighted by Gasteiger charge is 2.08. The second-order valence-corrected chi connectivity index (χ2v) is 5.38. The van der Waals surface area contributed by atoms with E-state index in [1.165, 1.54) is 5.56 Å². The molecule has 0 aliphatic rings. The minimum absolute atomic E-state index is 0.189. The van der Waals surface area contributed by atoms with E-state index < -0.39 is 0 Å². The number of hydrogen-bond acceptors (Lipinski definition) is 3. The summed E-state index contributed by atoms with van der Waals surface area (Å²) in [5.41, 5.74) is 7.51. The summed E-state index contributed by atoms with van der Waals surface area (Å²) in [6.45, 7) is 3.00. The summed E-state index contributed by atoms with van der Waals surface area (Å²) in [5.74, 6) is 1.02. The number of hydrogen-bond donors (Lipinski definition) is 2. The van der Waals surface area contributed by atoms with Gasteiger partial charge in [0.05, 0.1) is 6.26 Å². The summed E-state index contributed by atoms with van der Waals surface area (Å²) in [5, 5.41) is 3.47. The predicted molar refractivity (Wildman–Crippen MR) is 82.6 cm³/mol. The first-order valence-electron chi connectivity index (χ1n) is 7.29. The van der Waals surface area contributed by atoms with Crippen LogP contribution in [0.3, 0.4) is 0 Å². The van der Waals surface area contributed by atoms with Crippen molar-refractivity contribution in [3.63, 3.8) is 0 Å². The zero-order valence-corrected chi connectivity index (χ0v) is 12.1. The predicted octanol–water partition coefficient (Wildman–Crippen LogP) is 2.76. The van der Waals surface area contributed by atoms with Gasteiger partial charge in [0.15, 0.2) is 0 Å². The Hall–Kier alpha value is -1.58. The fourth-order valence-corrected chi connectivity index (χ4v) is 2.25. The van der Waals surface area contributed by atoms with E-state index in [-0.39, 0.29) is 6.04 Å². The standard InChI is InChI=1S/C17H24N2O/c1-14(12-17-8-5-11-20-17)19-13-16(18)10-9-15-6-3-2-4-7-15/h2-8,11,14,16,19H,9-10,12-13,18H2,1H3. The lowest BCUT2D eigenvalue weighted by Crippen LogP contribution is -2.39. The zero-order valence-electron chi connectivity index (χ0n) is 12.1. The second kappa shape index (κ2) is 7.88. The van der Waals surface area contributed by atoms with E-state index in [1.54, 1.807) is 6.26 Å². The minimum Gasteiger partial charge on any atom is -0.469 e. The maximum absolute atomic E-state index is 6.16. The summed E-state index contributed by atoms with van der Waals surface area (Å²) in [7, 11) is 0. The van der Waals surface area contributed by atoms with E-state index in [0.717, 1.165) is 31.6 Å². The fourth-order valence-electron chi connectivity index (χ4n) is 2.25. The Morgan fingerprint density at radius 1 is 1.15 bits per heavy atom. The Bertz CT molecular complexity index is 467. The van der Waals surface area contributed by atoms with Crippen molar-refractivity contribution in [2.45, 2.75) is 38.3 Å². The van der Waals surface area contributed by atoms with Gasteiger partial charge in [0.2, 0.25) is 0 Å². The third kappa shape index (κ3) is 5.19. The second-order valence-electron chi connectivity index (χ2n) is 5.38. The van der Waals surface area contributed by atoms with Crippen LogP contribution in [0.2, 0.25) is 0 Å². The molecule has 1 aromatic heterocycles. The van der Waals surface area contributed by atoms with Crippen LogP contribution in [-0.4, -0.2) is 18.6 Å². The Labute approximate surface area is 121 Å². The summed E-state index contributed by atoms with van der Waals surface area (Å²) >= 11 is 0. The molecule has 2 atom stereocenters. The van der Waals surface area contributed by atoms with Gasteiger partial charge < -0.3 is 15.5 Å². The summed E-state index contributed by atoms with van der Waals surface area (Å²) in [6.07, 6.45) is 4.66. The summed E-state index contributed by atoms with van der Waals surface area (Å²) in [6, 6.07) is 15.0. The van der Waals surface area contributed by atoms with Crippen LogP contribution in [0.5, 0.6) is 0 Å². The van der Waals surface area contributed by atoms with E-state index in [9.17, 15) is 0 Å². The molecule has 0 saturated carbocycles. The van der Waals surface area contributed by atoms with Crippen molar-refractivity contribution in [1.82, 2.24) is 5.32 Å². The number of nitrogens with one attached hydrogen (secondary N) is 1. The van der Waals surface area contributed by atoms with Gasteiger partial charge in [-0.3, -0.25) is 0 Å². The van der Waals surface area contributed by atoms with Gasteiger partial charge >= 0.3 is 0 Å². The Kier molecular flexibility index (Phi) is 5.84. The highest BCUT2D eigenvalue weighted by Crippen LogP contribution is 2.05. The van der Waals surface area contributed by atoms with E-state index in [0.29, 0.717) is 6.04 Å². The normalized spacial score (nSPS) is 14.1. The fraction of sp³-hybridized carbons (Fsp3) is 0.412. The number of aryl methyl sites for hydroxylation is 1. The number of nitrogens with two attached hydrogens (primary N) is 1. The highest BCUT2D eigenvalue weighted by atomic mass is 16.3. The van der Waals surface area contributed by atoms with Crippen molar-refractivity contribution in [2.75, 3.05) is 6.54 Å². The topological polar surface area (TPSA) is 51.2 Å². The van der Waals surface area contributed by atoms with Crippen LogP contribution in [0.4, 0.5) is 0 Å². The zero-order chi connectivity index (χ0) is 14.2. The lowest BCUT2D eigenvalue weighted by atomic mass is 10.1. The third-order valence-electron chi connectivity index (χ3n) is 3.46. The average Bonchev–Trinajstić information content (AvgIpc) is 2.97. The molecule has 0 fully saturated rings. The van der Waals surface area contributed by atoms with E-state index in [1.807, 2.05) is 18.2 Å².